The Balaban J connectivity index is 1.50. The van der Waals surface area contributed by atoms with Gasteiger partial charge < -0.3 is 16.2 Å². The number of aryl methyl sites for hydroxylation is 2. The van der Waals surface area contributed by atoms with Gasteiger partial charge in [-0.25, -0.2) is 4.98 Å². The third-order valence-corrected chi connectivity index (χ3v) is 5.85. The van der Waals surface area contributed by atoms with Crippen molar-refractivity contribution in [2.24, 2.45) is 5.92 Å². The number of aliphatic hydroxyl groups is 1. The number of fused-ring (bicyclic) bond motifs is 1. The Hall–Kier alpha value is -3.12. The summed E-state index contributed by atoms with van der Waals surface area (Å²) in [5, 5.41) is 31.3. The van der Waals surface area contributed by atoms with Crippen LogP contribution >= 0.6 is 0 Å². The third-order valence-electron chi connectivity index (χ3n) is 5.85. The van der Waals surface area contributed by atoms with Crippen LogP contribution in [0, 0.1) is 24.2 Å². The van der Waals surface area contributed by atoms with E-state index < -0.39 is 0 Å². The molecule has 0 saturated heterocycles. The van der Waals surface area contributed by atoms with E-state index in [1.807, 2.05) is 30.8 Å². The van der Waals surface area contributed by atoms with Crippen molar-refractivity contribution >= 4 is 17.3 Å². The maximum Gasteiger partial charge on any atom is 0.163 e. The predicted molar refractivity (Wildman–Crippen MR) is 109 cm³/mol. The zero-order valence-corrected chi connectivity index (χ0v) is 16.8. The van der Waals surface area contributed by atoms with Crippen molar-refractivity contribution < 1.29 is 5.11 Å². The predicted octanol–water partition coefficient (Wildman–Crippen LogP) is 1.85. The number of hydrogen-bond donors (Lipinski definition) is 3. The van der Waals surface area contributed by atoms with Crippen molar-refractivity contribution in [3.8, 4) is 6.07 Å². The molecule has 0 amide bonds. The molecule has 0 aromatic carbocycles. The van der Waals surface area contributed by atoms with Gasteiger partial charge in [0.2, 0.25) is 0 Å². The van der Waals surface area contributed by atoms with Gasteiger partial charge in [-0.2, -0.15) is 20.0 Å². The summed E-state index contributed by atoms with van der Waals surface area (Å²) >= 11 is 0. The number of rotatable bonds is 7. The lowest BCUT2D eigenvalue weighted by Crippen LogP contribution is -2.31. The highest BCUT2D eigenvalue weighted by Gasteiger charge is 2.32. The molecule has 0 radical (unpaired) electrons. The van der Waals surface area contributed by atoms with Crippen LogP contribution in [0.1, 0.15) is 48.3 Å². The zero-order valence-electron chi connectivity index (χ0n) is 16.8. The summed E-state index contributed by atoms with van der Waals surface area (Å²) in [6, 6.07) is 4.44. The summed E-state index contributed by atoms with van der Waals surface area (Å²) in [6.07, 6.45) is 5.58. The number of nitrogens with one attached hydrogen (secondary N) is 1. The van der Waals surface area contributed by atoms with Gasteiger partial charge in [0, 0.05) is 37.3 Å². The molecule has 9 nitrogen and oxygen atoms in total. The van der Waals surface area contributed by atoms with Crippen LogP contribution < -0.4 is 11.1 Å². The maximum absolute atomic E-state index is 9.57. The first-order chi connectivity index (χ1) is 14.1. The standard InChI is InChI=1S/C20H26N8O/c1-3-15-12(2)25-28-18(22)16(10-21)19(24-20(15)28)23-8-6-14-7-9-27(26-14)17-5-4-13(17)11-29/h7,9,13,17,29H,3-6,8,11,22H2,1-2H3,(H,23,24). The molecule has 29 heavy (non-hydrogen) atoms. The second-order valence-corrected chi connectivity index (χ2v) is 7.54. The van der Waals surface area contributed by atoms with Crippen molar-refractivity contribution in [1.82, 2.24) is 24.4 Å². The highest BCUT2D eigenvalue weighted by molar-refractivity contribution is 5.69. The monoisotopic (exact) mass is 394 g/mol. The molecule has 4 rings (SSSR count). The van der Waals surface area contributed by atoms with Gasteiger partial charge in [0.15, 0.2) is 5.65 Å². The molecule has 3 aromatic heterocycles. The van der Waals surface area contributed by atoms with Gasteiger partial charge in [-0.1, -0.05) is 6.92 Å². The molecular weight excluding hydrogens is 368 g/mol. The highest BCUT2D eigenvalue weighted by Crippen LogP contribution is 2.37. The highest BCUT2D eigenvalue weighted by atomic mass is 16.3. The molecule has 9 heteroatoms. The normalized spacial score (nSPS) is 18.6. The Labute approximate surface area is 169 Å². The minimum atomic E-state index is 0.210. The number of nitrogens with zero attached hydrogens (tertiary/aromatic N) is 6. The molecule has 1 aliphatic rings. The zero-order chi connectivity index (χ0) is 20.5. The van der Waals surface area contributed by atoms with Crippen LogP contribution in [-0.4, -0.2) is 42.6 Å². The Morgan fingerprint density at radius 2 is 2.21 bits per heavy atom. The molecule has 2 unspecified atom stereocenters. The minimum absolute atomic E-state index is 0.210. The van der Waals surface area contributed by atoms with Crippen LogP contribution in [-0.2, 0) is 12.8 Å². The topological polar surface area (TPSA) is 130 Å². The Kier molecular flexibility index (Phi) is 5.11. The molecule has 3 aromatic rings. The second kappa shape index (κ2) is 7.72. The van der Waals surface area contributed by atoms with E-state index in [1.165, 1.54) is 0 Å². The second-order valence-electron chi connectivity index (χ2n) is 7.54. The first-order valence-electron chi connectivity index (χ1n) is 10.0. The van der Waals surface area contributed by atoms with Crippen molar-refractivity contribution in [2.45, 2.75) is 45.6 Å². The minimum Gasteiger partial charge on any atom is -0.396 e. The third kappa shape index (κ3) is 3.29. The molecule has 152 valence electrons. The van der Waals surface area contributed by atoms with Gasteiger partial charge in [-0.05, 0) is 32.3 Å². The summed E-state index contributed by atoms with van der Waals surface area (Å²) in [5.41, 5.74) is 10.0. The summed E-state index contributed by atoms with van der Waals surface area (Å²) in [6.45, 7) is 4.76. The molecule has 0 bridgehead atoms. The molecule has 3 heterocycles. The van der Waals surface area contributed by atoms with E-state index in [0.29, 0.717) is 47.8 Å². The van der Waals surface area contributed by atoms with E-state index in [0.717, 1.165) is 36.2 Å². The van der Waals surface area contributed by atoms with E-state index in [1.54, 1.807) is 4.52 Å². The molecule has 0 spiro atoms. The Morgan fingerprint density at radius 3 is 2.86 bits per heavy atom. The lowest BCUT2D eigenvalue weighted by atomic mass is 9.80. The van der Waals surface area contributed by atoms with Crippen molar-refractivity contribution in [1.29, 1.82) is 5.26 Å². The van der Waals surface area contributed by atoms with Crippen LogP contribution in [0.3, 0.4) is 0 Å². The summed E-state index contributed by atoms with van der Waals surface area (Å²) < 4.78 is 3.51. The van der Waals surface area contributed by atoms with E-state index in [-0.39, 0.29) is 6.61 Å². The molecular formula is C20H26N8O. The van der Waals surface area contributed by atoms with Gasteiger partial charge in [-0.3, -0.25) is 4.68 Å². The average Bonchev–Trinajstić information content (AvgIpc) is 3.25. The Morgan fingerprint density at radius 1 is 1.38 bits per heavy atom. The quantitative estimate of drug-likeness (QED) is 0.557. The van der Waals surface area contributed by atoms with Crippen LogP contribution in [0.4, 0.5) is 11.6 Å². The van der Waals surface area contributed by atoms with Gasteiger partial charge in [0.25, 0.3) is 0 Å². The summed E-state index contributed by atoms with van der Waals surface area (Å²) in [4.78, 5) is 4.64. The largest absolute Gasteiger partial charge is 0.396 e. The van der Waals surface area contributed by atoms with Crippen molar-refractivity contribution in [3.05, 3.63) is 34.8 Å². The van der Waals surface area contributed by atoms with E-state index in [2.05, 4.69) is 26.6 Å². The summed E-state index contributed by atoms with van der Waals surface area (Å²) in [5.74, 6) is 1.09. The van der Waals surface area contributed by atoms with E-state index >= 15 is 0 Å². The fourth-order valence-corrected chi connectivity index (χ4v) is 3.99. The maximum atomic E-state index is 9.57. The van der Waals surface area contributed by atoms with Gasteiger partial charge in [0.1, 0.15) is 23.3 Å². The lowest BCUT2D eigenvalue weighted by Gasteiger charge is -2.35. The van der Waals surface area contributed by atoms with Crippen LogP contribution in [0.15, 0.2) is 12.3 Å². The number of nitrogens with two attached hydrogens (primary N) is 1. The van der Waals surface area contributed by atoms with Gasteiger partial charge in [0.05, 0.1) is 17.4 Å². The molecule has 1 saturated carbocycles. The number of nitriles is 1. The lowest BCUT2D eigenvalue weighted by molar-refractivity contribution is 0.0892. The first-order valence-corrected chi connectivity index (χ1v) is 10.0. The smallest absolute Gasteiger partial charge is 0.163 e. The number of hydrogen-bond acceptors (Lipinski definition) is 7. The van der Waals surface area contributed by atoms with Crippen molar-refractivity contribution in [3.63, 3.8) is 0 Å². The molecule has 0 aliphatic heterocycles. The fraction of sp³-hybridized carbons (Fsp3) is 0.500. The van der Waals surface area contributed by atoms with E-state index in [9.17, 15) is 10.4 Å². The number of aliphatic hydroxyl groups excluding tert-OH is 1. The van der Waals surface area contributed by atoms with Gasteiger partial charge in [-0.15, -0.1) is 0 Å². The molecule has 2 atom stereocenters. The number of nitrogen functional groups attached to an aromatic ring is 1. The first kappa shape index (κ1) is 19.2. The van der Waals surface area contributed by atoms with Crippen molar-refractivity contribution in [2.75, 3.05) is 24.2 Å². The Bertz CT molecular complexity index is 1070. The molecule has 1 fully saturated rings. The molecule has 4 N–H and O–H groups in total. The van der Waals surface area contributed by atoms with Crippen LogP contribution in [0.25, 0.3) is 5.65 Å². The summed E-state index contributed by atoms with van der Waals surface area (Å²) in [7, 11) is 0. The van der Waals surface area contributed by atoms with Crippen LogP contribution in [0.5, 0.6) is 0 Å². The number of aromatic nitrogens is 5. The van der Waals surface area contributed by atoms with E-state index in [4.69, 9.17) is 5.73 Å². The molecule has 1 aliphatic carbocycles. The van der Waals surface area contributed by atoms with Gasteiger partial charge >= 0.3 is 0 Å². The average molecular weight is 394 g/mol. The fourth-order valence-electron chi connectivity index (χ4n) is 3.99. The van der Waals surface area contributed by atoms with Crippen LogP contribution in [0.2, 0.25) is 0 Å². The SMILES string of the molecule is CCc1c(C)nn2c(N)c(C#N)c(NCCc3ccn(C4CCC4CO)n3)nc12. The number of anilines is 2.